The van der Waals surface area contributed by atoms with Crippen LogP contribution in [0.5, 0.6) is 5.75 Å². The summed E-state index contributed by atoms with van der Waals surface area (Å²) >= 11 is 1.55. The summed E-state index contributed by atoms with van der Waals surface area (Å²) in [6.07, 6.45) is -1.45. The molecule has 2 aromatic carbocycles. The van der Waals surface area contributed by atoms with Crippen molar-refractivity contribution in [3.05, 3.63) is 76.3 Å². The van der Waals surface area contributed by atoms with Crippen molar-refractivity contribution in [2.75, 3.05) is 17.2 Å². The number of amides is 1. The monoisotopic (exact) mass is 447 g/mol. The molecule has 2 N–H and O–H groups in total. The van der Waals surface area contributed by atoms with Crippen LogP contribution in [0.3, 0.4) is 0 Å². The number of para-hydroxylation sites is 2. The molecular formula is C22H20F3N3O2S. The van der Waals surface area contributed by atoms with E-state index in [0.29, 0.717) is 12.4 Å². The maximum Gasteiger partial charge on any atom is 0.405 e. The second-order valence-electron chi connectivity index (χ2n) is 6.56. The van der Waals surface area contributed by atoms with Crippen LogP contribution in [0, 0.1) is 6.92 Å². The summed E-state index contributed by atoms with van der Waals surface area (Å²) in [4.78, 5) is 16.6. The van der Waals surface area contributed by atoms with Gasteiger partial charge in [-0.15, -0.1) is 11.3 Å². The fourth-order valence-corrected chi connectivity index (χ4v) is 3.23. The minimum atomic E-state index is -4.36. The summed E-state index contributed by atoms with van der Waals surface area (Å²) in [6, 6.07) is 13.4. The molecule has 0 aliphatic carbocycles. The lowest BCUT2D eigenvalue weighted by Crippen LogP contribution is -2.22. The lowest BCUT2D eigenvalue weighted by Gasteiger charge is -2.13. The number of nitrogens with zero attached hydrogens (tertiary/aromatic N) is 1. The Morgan fingerprint density at radius 2 is 1.94 bits per heavy atom. The molecule has 5 nitrogen and oxygen atoms in total. The van der Waals surface area contributed by atoms with Gasteiger partial charge in [-0.2, -0.15) is 13.2 Å². The standard InChI is InChI=1S/C22H20F3N3O2S/c1-15-27-17(13-31-15)12-30-18-6-4-5-16(11-18)9-10-21(29)28-20-8-3-2-7-19(20)26-14-22(23,24)25/h2-11,13,26H,12,14H2,1H3,(H,28,29)/b10-9+. The van der Waals surface area contributed by atoms with E-state index in [-0.39, 0.29) is 11.4 Å². The summed E-state index contributed by atoms with van der Waals surface area (Å²) in [6.45, 7) is 1.08. The van der Waals surface area contributed by atoms with Crippen molar-refractivity contribution in [2.45, 2.75) is 19.7 Å². The van der Waals surface area contributed by atoms with Crippen LogP contribution in [0.25, 0.3) is 6.08 Å². The molecular weight excluding hydrogens is 427 g/mol. The van der Waals surface area contributed by atoms with Gasteiger partial charge in [-0.1, -0.05) is 24.3 Å². The molecule has 3 aromatic rings. The zero-order chi connectivity index (χ0) is 22.3. The van der Waals surface area contributed by atoms with E-state index in [1.165, 1.54) is 18.2 Å². The number of aromatic nitrogens is 1. The Morgan fingerprint density at radius 3 is 2.65 bits per heavy atom. The highest BCUT2D eigenvalue weighted by atomic mass is 32.1. The summed E-state index contributed by atoms with van der Waals surface area (Å²) in [5, 5.41) is 7.78. The Balaban J connectivity index is 1.59. The predicted octanol–water partition coefficient (Wildman–Crippen LogP) is 5.66. The molecule has 3 rings (SSSR count). The minimum absolute atomic E-state index is 0.189. The first kappa shape index (κ1) is 22.4. The van der Waals surface area contributed by atoms with E-state index in [2.05, 4.69) is 15.6 Å². The first-order valence-electron chi connectivity index (χ1n) is 9.31. The first-order chi connectivity index (χ1) is 14.8. The maximum absolute atomic E-state index is 12.5. The van der Waals surface area contributed by atoms with Crippen molar-refractivity contribution in [3.8, 4) is 5.75 Å². The number of carbonyl (C=O) groups excluding carboxylic acids is 1. The second kappa shape index (κ2) is 10.1. The number of ether oxygens (including phenoxy) is 1. The molecule has 31 heavy (non-hydrogen) atoms. The highest BCUT2D eigenvalue weighted by Crippen LogP contribution is 2.24. The average Bonchev–Trinajstić information content (AvgIpc) is 3.15. The Kier molecular flexibility index (Phi) is 7.30. The Labute approximate surface area is 181 Å². The molecule has 0 fully saturated rings. The molecule has 0 atom stereocenters. The van der Waals surface area contributed by atoms with E-state index in [0.717, 1.165) is 16.3 Å². The van der Waals surface area contributed by atoms with Crippen LogP contribution in [0.15, 0.2) is 60.0 Å². The first-order valence-corrected chi connectivity index (χ1v) is 10.2. The van der Waals surface area contributed by atoms with Gasteiger partial charge in [0.2, 0.25) is 5.91 Å². The summed E-state index contributed by atoms with van der Waals surface area (Å²) < 4.78 is 43.1. The lowest BCUT2D eigenvalue weighted by atomic mass is 10.2. The summed E-state index contributed by atoms with van der Waals surface area (Å²) in [5.74, 6) is 0.167. The van der Waals surface area contributed by atoms with E-state index in [1.807, 2.05) is 18.4 Å². The van der Waals surface area contributed by atoms with Gasteiger partial charge in [0.05, 0.1) is 22.1 Å². The molecule has 9 heteroatoms. The van der Waals surface area contributed by atoms with Gasteiger partial charge in [0.25, 0.3) is 0 Å². The third kappa shape index (κ3) is 7.45. The molecule has 0 spiro atoms. The zero-order valence-corrected chi connectivity index (χ0v) is 17.4. The minimum Gasteiger partial charge on any atom is -0.487 e. The van der Waals surface area contributed by atoms with Crippen LogP contribution in [-0.4, -0.2) is 23.6 Å². The molecule has 1 heterocycles. The van der Waals surface area contributed by atoms with Crippen LogP contribution in [0.4, 0.5) is 24.5 Å². The molecule has 0 unspecified atom stereocenters. The van der Waals surface area contributed by atoms with E-state index >= 15 is 0 Å². The predicted molar refractivity (Wildman–Crippen MR) is 116 cm³/mol. The van der Waals surface area contributed by atoms with Gasteiger partial charge in [-0.3, -0.25) is 4.79 Å². The number of benzene rings is 2. The number of hydrogen-bond acceptors (Lipinski definition) is 5. The number of hydrogen-bond donors (Lipinski definition) is 2. The fraction of sp³-hybridized carbons (Fsp3) is 0.182. The van der Waals surface area contributed by atoms with Gasteiger partial charge in [-0.25, -0.2) is 4.98 Å². The third-order valence-corrected chi connectivity index (χ3v) is 4.83. The fourth-order valence-electron chi connectivity index (χ4n) is 2.63. The number of halogens is 3. The van der Waals surface area contributed by atoms with E-state index in [1.54, 1.807) is 47.7 Å². The maximum atomic E-state index is 12.5. The second-order valence-corrected chi connectivity index (χ2v) is 7.62. The Hall–Kier alpha value is -3.33. The summed E-state index contributed by atoms with van der Waals surface area (Å²) in [5.41, 5.74) is 2.04. The third-order valence-electron chi connectivity index (χ3n) is 4.00. The van der Waals surface area contributed by atoms with Crippen LogP contribution < -0.4 is 15.4 Å². The van der Waals surface area contributed by atoms with Crippen molar-refractivity contribution in [3.63, 3.8) is 0 Å². The average molecular weight is 447 g/mol. The quantitative estimate of drug-likeness (QED) is 0.438. The summed E-state index contributed by atoms with van der Waals surface area (Å²) in [7, 11) is 0. The number of alkyl halides is 3. The van der Waals surface area contributed by atoms with Gasteiger partial charge in [0.15, 0.2) is 0 Å². The van der Waals surface area contributed by atoms with Crippen LogP contribution >= 0.6 is 11.3 Å². The van der Waals surface area contributed by atoms with Gasteiger partial charge in [0.1, 0.15) is 18.9 Å². The van der Waals surface area contributed by atoms with E-state index < -0.39 is 18.6 Å². The van der Waals surface area contributed by atoms with Crippen molar-refractivity contribution >= 4 is 34.7 Å². The lowest BCUT2D eigenvalue weighted by molar-refractivity contribution is -0.115. The highest BCUT2D eigenvalue weighted by molar-refractivity contribution is 7.09. The van der Waals surface area contributed by atoms with Crippen molar-refractivity contribution in [1.82, 2.24) is 4.98 Å². The van der Waals surface area contributed by atoms with Crippen LogP contribution in [0.1, 0.15) is 16.3 Å². The Bertz CT molecular complexity index is 1060. The van der Waals surface area contributed by atoms with E-state index in [9.17, 15) is 18.0 Å². The largest absolute Gasteiger partial charge is 0.487 e. The van der Waals surface area contributed by atoms with Crippen LogP contribution in [0.2, 0.25) is 0 Å². The molecule has 0 saturated heterocycles. The smallest absolute Gasteiger partial charge is 0.405 e. The van der Waals surface area contributed by atoms with Crippen molar-refractivity contribution < 1.29 is 22.7 Å². The molecule has 0 aliphatic rings. The Morgan fingerprint density at radius 1 is 1.16 bits per heavy atom. The van der Waals surface area contributed by atoms with Gasteiger partial charge in [-0.05, 0) is 42.8 Å². The van der Waals surface area contributed by atoms with Crippen LogP contribution in [-0.2, 0) is 11.4 Å². The number of thiazole rings is 1. The number of nitrogens with one attached hydrogen (secondary N) is 2. The molecule has 1 aromatic heterocycles. The number of anilines is 2. The van der Waals surface area contributed by atoms with E-state index in [4.69, 9.17) is 4.74 Å². The SMILES string of the molecule is Cc1nc(COc2cccc(/C=C/C(=O)Nc3ccccc3NCC(F)(F)F)c2)cs1. The van der Waals surface area contributed by atoms with Crippen molar-refractivity contribution in [2.24, 2.45) is 0 Å². The molecule has 1 amide bonds. The molecule has 0 radical (unpaired) electrons. The zero-order valence-electron chi connectivity index (χ0n) is 16.6. The number of aryl methyl sites for hydroxylation is 1. The molecule has 0 bridgehead atoms. The normalized spacial score (nSPS) is 11.5. The molecule has 0 saturated carbocycles. The van der Waals surface area contributed by atoms with Gasteiger partial charge >= 0.3 is 6.18 Å². The van der Waals surface area contributed by atoms with Gasteiger partial charge in [0, 0.05) is 11.5 Å². The number of rotatable bonds is 8. The van der Waals surface area contributed by atoms with Crippen molar-refractivity contribution in [1.29, 1.82) is 0 Å². The highest BCUT2D eigenvalue weighted by Gasteiger charge is 2.26. The number of carbonyl (C=O) groups is 1. The molecule has 0 aliphatic heterocycles. The topological polar surface area (TPSA) is 63.2 Å². The molecule has 162 valence electrons. The van der Waals surface area contributed by atoms with Gasteiger partial charge < -0.3 is 15.4 Å².